The van der Waals surface area contributed by atoms with Crippen LogP contribution >= 0.6 is 0 Å². The second-order valence-corrected chi connectivity index (χ2v) is 1.74. The van der Waals surface area contributed by atoms with Crippen LogP contribution in [0.1, 0.15) is 6.92 Å². The van der Waals surface area contributed by atoms with Crippen LogP contribution < -0.4 is 5.73 Å². The Kier molecular flexibility index (Phi) is 4.90. The van der Waals surface area contributed by atoms with Gasteiger partial charge in [0.15, 0.2) is 0 Å². The lowest BCUT2D eigenvalue weighted by Crippen LogP contribution is -1.72. The highest BCUT2D eigenvalue weighted by atomic mass is 14.5. The largest absolute Gasteiger partial charge is 0.404 e. The molecule has 0 aliphatic carbocycles. The molecule has 0 rings (SSSR count). The molecule has 0 aromatic heterocycles. The van der Waals surface area contributed by atoms with Gasteiger partial charge in [0.1, 0.15) is 0 Å². The van der Waals surface area contributed by atoms with E-state index in [4.69, 9.17) is 5.73 Å². The van der Waals surface area contributed by atoms with Crippen LogP contribution in [0.25, 0.3) is 0 Å². The third-order valence-corrected chi connectivity index (χ3v) is 0.885. The first kappa shape index (κ1) is 8.58. The average molecular weight is 133 g/mol. The summed E-state index contributed by atoms with van der Waals surface area (Å²) in [4.78, 5) is 0. The van der Waals surface area contributed by atoms with Crippen molar-refractivity contribution in [3.8, 4) is 11.8 Å². The van der Waals surface area contributed by atoms with Gasteiger partial charge in [-0.2, -0.15) is 0 Å². The Bertz CT molecular complexity index is 211. The standard InChI is InChI=1S/C9H11N/c1-3-9(2)7-5-4-6-8-10/h3,6-8H,1,10H2,2H3/b8-6?,9-7-. The number of nitrogens with two attached hydrogens (primary N) is 1. The Morgan fingerprint density at radius 3 is 2.70 bits per heavy atom. The molecule has 0 amide bonds. The number of hydrogen-bond acceptors (Lipinski definition) is 1. The molecule has 0 heterocycles. The van der Waals surface area contributed by atoms with Gasteiger partial charge in [0.2, 0.25) is 0 Å². The first-order valence-corrected chi connectivity index (χ1v) is 2.98. The molecule has 1 nitrogen and oxygen atoms in total. The van der Waals surface area contributed by atoms with Gasteiger partial charge in [-0.1, -0.05) is 24.5 Å². The Morgan fingerprint density at radius 1 is 1.50 bits per heavy atom. The SMILES string of the molecule is C=C/C(C)=C\C#CC=CN. The maximum absolute atomic E-state index is 5.05. The van der Waals surface area contributed by atoms with Crippen molar-refractivity contribution in [2.75, 3.05) is 0 Å². The summed E-state index contributed by atoms with van der Waals surface area (Å²) >= 11 is 0. The van der Waals surface area contributed by atoms with Gasteiger partial charge < -0.3 is 5.73 Å². The first-order valence-electron chi connectivity index (χ1n) is 2.98. The predicted octanol–water partition coefficient (Wildman–Crippen LogP) is 1.59. The molecule has 2 N–H and O–H groups in total. The highest BCUT2D eigenvalue weighted by Crippen LogP contribution is 1.89. The fourth-order valence-corrected chi connectivity index (χ4v) is 0.311. The Morgan fingerprint density at radius 2 is 2.20 bits per heavy atom. The lowest BCUT2D eigenvalue weighted by atomic mass is 10.3. The lowest BCUT2D eigenvalue weighted by molar-refractivity contribution is 1.55. The molecule has 0 unspecified atom stereocenters. The molecule has 52 valence electrons. The van der Waals surface area contributed by atoms with Crippen LogP contribution in [0.5, 0.6) is 0 Å². The van der Waals surface area contributed by atoms with Crippen LogP contribution in [0, 0.1) is 11.8 Å². The van der Waals surface area contributed by atoms with Gasteiger partial charge >= 0.3 is 0 Å². The molecule has 0 aromatic rings. The van der Waals surface area contributed by atoms with E-state index in [1.165, 1.54) is 6.20 Å². The van der Waals surface area contributed by atoms with E-state index in [0.717, 1.165) is 5.57 Å². The average Bonchev–Trinajstić information content (AvgIpc) is 1.98. The van der Waals surface area contributed by atoms with Gasteiger partial charge in [-0.15, -0.1) is 0 Å². The Hall–Kier alpha value is -1.42. The molecule has 0 aliphatic rings. The van der Waals surface area contributed by atoms with Crippen molar-refractivity contribution in [2.45, 2.75) is 6.92 Å². The third kappa shape index (κ3) is 4.73. The molecule has 10 heavy (non-hydrogen) atoms. The van der Waals surface area contributed by atoms with Crippen molar-refractivity contribution in [3.63, 3.8) is 0 Å². The van der Waals surface area contributed by atoms with E-state index >= 15 is 0 Å². The monoisotopic (exact) mass is 133 g/mol. The van der Waals surface area contributed by atoms with Crippen molar-refractivity contribution < 1.29 is 0 Å². The van der Waals surface area contributed by atoms with Crippen molar-refractivity contribution >= 4 is 0 Å². The smallest absolute Gasteiger partial charge is 0.00398 e. The van der Waals surface area contributed by atoms with Gasteiger partial charge in [-0.05, 0) is 18.6 Å². The summed E-state index contributed by atoms with van der Waals surface area (Å²) in [5.74, 6) is 5.51. The fraction of sp³-hybridized carbons (Fsp3) is 0.111. The molecular formula is C9H11N. The Balaban J connectivity index is 3.96. The first-order chi connectivity index (χ1) is 4.81. The van der Waals surface area contributed by atoms with E-state index < -0.39 is 0 Å². The van der Waals surface area contributed by atoms with Crippen LogP contribution in [0.4, 0.5) is 0 Å². The van der Waals surface area contributed by atoms with E-state index in [2.05, 4.69) is 18.4 Å². The summed E-state index contributed by atoms with van der Waals surface area (Å²) < 4.78 is 0. The quantitative estimate of drug-likeness (QED) is 0.426. The maximum atomic E-state index is 5.05. The molecule has 0 saturated carbocycles. The minimum absolute atomic E-state index is 1.05. The number of hydrogen-bond donors (Lipinski definition) is 1. The Labute approximate surface area is 61.9 Å². The zero-order chi connectivity index (χ0) is 7.82. The molecule has 0 aliphatic heterocycles. The molecule has 0 bridgehead atoms. The summed E-state index contributed by atoms with van der Waals surface area (Å²) in [6, 6.07) is 0. The molecule has 1 heteroatoms. The highest BCUT2D eigenvalue weighted by molar-refractivity contribution is 5.29. The molecule has 0 fully saturated rings. The minimum Gasteiger partial charge on any atom is -0.404 e. The highest BCUT2D eigenvalue weighted by Gasteiger charge is 1.70. The lowest BCUT2D eigenvalue weighted by Gasteiger charge is -1.79. The van der Waals surface area contributed by atoms with Crippen molar-refractivity contribution in [1.82, 2.24) is 0 Å². The van der Waals surface area contributed by atoms with E-state index in [-0.39, 0.29) is 0 Å². The van der Waals surface area contributed by atoms with E-state index in [9.17, 15) is 0 Å². The summed E-state index contributed by atoms with van der Waals surface area (Å²) in [7, 11) is 0. The van der Waals surface area contributed by atoms with Crippen LogP contribution in [-0.2, 0) is 0 Å². The second-order valence-electron chi connectivity index (χ2n) is 1.74. The van der Waals surface area contributed by atoms with Gasteiger partial charge in [0.25, 0.3) is 0 Å². The zero-order valence-corrected chi connectivity index (χ0v) is 6.09. The van der Waals surface area contributed by atoms with Crippen LogP contribution in [0.2, 0.25) is 0 Å². The van der Waals surface area contributed by atoms with Gasteiger partial charge in [-0.3, -0.25) is 0 Å². The summed E-state index contributed by atoms with van der Waals surface area (Å²) in [5, 5.41) is 0. The molecule has 0 atom stereocenters. The molecule has 0 aromatic carbocycles. The fourth-order valence-electron chi connectivity index (χ4n) is 0.311. The van der Waals surface area contributed by atoms with Crippen molar-refractivity contribution in [3.05, 3.63) is 36.6 Å². The summed E-state index contributed by atoms with van der Waals surface area (Å²) in [5.41, 5.74) is 6.11. The minimum atomic E-state index is 1.05. The van der Waals surface area contributed by atoms with Gasteiger partial charge in [0, 0.05) is 12.3 Å². The van der Waals surface area contributed by atoms with Crippen molar-refractivity contribution in [2.24, 2.45) is 5.73 Å². The summed E-state index contributed by atoms with van der Waals surface area (Å²) in [6.45, 7) is 5.52. The second kappa shape index (κ2) is 5.71. The van der Waals surface area contributed by atoms with Crippen molar-refractivity contribution in [1.29, 1.82) is 0 Å². The van der Waals surface area contributed by atoms with Gasteiger partial charge in [-0.25, -0.2) is 0 Å². The molecule has 0 radical (unpaired) electrons. The van der Waals surface area contributed by atoms with E-state index in [0.29, 0.717) is 0 Å². The molecular weight excluding hydrogens is 122 g/mol. The number of allylic oxidation sites excluding steroid dienone is 4. The topological polar surface area (TPSA) is 26.0 Å². The normalized spacial score (nSPS) is 10.7. The predicted molar refractivity (Wildman–Crippen MR) is 45.1 cm³/mol. The third-order valence-electron chi connectivity index (χ3n) is 0.885. The van der Waals surface area contributed by atoms with Crippen LogP contribution in [0.15, 0.2) is 36.6 Å². The molecule has 0 spiro atoms. The number of rotatable bonds is 1. The van der Waals surface area contributed by atoms with E-state index in [1.54, 1.807) is 18.2 Å². The van der Waals surface area contributed by atoms with Crippen LogP contribution in [0.3, 0.4) is 0 Å². The van der Waals surface area contributed by atoms with Crippen LogP contribution in [-0.4, -0.2) is 0 Å². The van der Waals surface area contributed by atoms with Gasteiger partial charge in [0.05, 0.1) is 0 Å². The molecule has 0 saturated heterocycles. The maximum Gasteiger partial charge on any atom is 0.00398 e. The zero-order valence-electron chi connectivity index (χ0n) is 6.09. The summed E-state index contributed by atoms with van der Waals surface area (Å²) in [6.07, 6.45) is 6.53. The van der Waals surface area contributed by atoms with E-state index in [1.807, 2.05) is 6.92 Å².